The lowest BCUT2D eigenvalue weighted by Crippen LogP contribution is -1.94. The van der Waals surface area contributed by atoms with Crippen molar-refractivity contribution >= 4 is 23.4 Å². The molecule has 18 heavy (non-hydrogen) atoms. The van der Waals surface area contributed by atoms with Crippen molar-refractivity contribution in [3.05, 3.63) is 59.1 Å². The SMILES string of the molecule is O=C=Nc1ccc(OCc2cccc(Cl)c2)cc1. The van der Waals surface area contributed by atoms with Gasteiger partial charge in [-0.1, -0.05) is 23.7 Å². The maximum Gasteiger partial charge on any atom is 0.240 e. The summed E-state index contributed by atoms with van der Waals surface area (Å²) in [7, 11) is 0. The normalized spacial score (nSPS) is 9.61. The fourth-order valence-corrected chi connectivity index (χ4v) is 1.68. The maximum absolute atomic E-state index is 10.1. The standard InChI is InChI=1S/C14H10ClNO2/c15-12-3-1-2-11(8-12)9-18-14-6-4-13(5-7-14)16-10-17/h1-8H,9H2. The van der Waals surface area contributed by atoms with E-state index in [2.05, 4.69) is 4.99 Å². The Hall–Kier alpha value is -2.09. The molecule has 3 nitrogen and oxygen atoms in total. The first kappa shape index (κ1) is 12.4. The number of hydrogen-bond acceptors (Lipinski definition) is 3. The van der Waals surface area contributed by atoms with Gasteiger partial charge >= 0.3 is 0 Å². The summed E-state index contributed by atoms with van der Waals surface area (Å²) in [6.07, 6.45) is 1.49. The summed E-state index contributed by atoms with van der Waals surface area (Å²) in [6, 6.07) is 14.4. The minimum absolute atomic E-state index is 0.441. The van der Waals surface area contributed by atoms with Gasteiger partial charge in [-0.2, -0.15) is 4.99 Å². The minimum Gasteiger partial charge on any atom is -0.489 e. The van der Waals surface area contributed by atoms with E-state index in [9.17, 15) is 4.79 Å². The average Bonchev–Trinajstić information content (AvgIpc) is 2.38. The molecule has 4 heteroatoms. The van der Waals surface area contributed by atoms with Gasteiger partial charge in [0.2, 0.25) is 6.08 Å². The predicted molar refractivity (Wildman–Crippen MR) is 70.0 cm³/mol. The Morgan fingerprint density at radius 2 is 1.94 bits per heavy atom. The number of benzene rings is 2. The quantitative estimate of drug-likeness (QED) is 0.617. The van der Waals surface area contributed by atoms with Crippen LogP contribution in [0.1, 0.15) is 5.56 Å². The number of ether oxygens (including phenoxy) is 1. The topological polar surface area (TPSA) is 38.7 Å². The predicted octanol–water partition coefficient (Wildman–Crippen LogP) is 3.89. The molecule has 0 fully saturated rings. The van der Waals surface area contributed by atoms with Gasteiger partial charge in [-0.05, 0) is 42.0 Å². The number of aliphatic imine (C=N–C) groups is 1. The molecule has 2 aromatic rings. The number of halogens is 1. The molecule has 0 heterocycles. The van der Waals surface area contributed by atoms with Crippen LogP contribution in [0.4, 0.5) is 5.69 Å². The van der Waals surface area contributed by atoms with Gasteiger partial charge in [0.05, 0.1) is 5.69 Å². The van der Waals surface area contributed by atoms with Crippen LogP contribution < -0.4 is 4.74 Å². The van der Waals surface area contributed by atoms with Crippen LogP contribution in [-0.2, 0) is 11.4 Å². The van der Waals surface area contributed by atoms with E-state index >= 15 is 0 Å². The van der Waals surface area contributed by atoms with Gasteiger partial charge in [0.25, 0.3) is 0 Å². The molecule has 0 saturated heterocycles. The maximum atomic E-state index is 10.1. The van der Waals surface area contributed by atoms with Crippen LogP contribution in [0.5, 0.6) is 5.75 Å². The molecule has 2 rings (SSSR count). The second kappa shape index (κ2) is 6.01. The molecule has 90 valence electrons. The molecular weight excluding hydrogens is 250 g/mol. The highest BCUT2D eigenvalue weighted by Crippen LogP contribution is 2.19. The third-order valence-corrected chi connectivity index (χ3v) is 2.54. The summed E-state index contributed by atoms with van der Waals surface area (Å²) in [4.78, 5) is 13.6. The van der Waals surface area contributed by atoms with Crippen molar-refractivity contribution in [2.75, 3.05) is 0 Å². The monoisotopic (exact) mass is 259 g/mol. The first-order valence-electron chi connectivity index (χ1n) is 5.33. The van der Waals surface area contributed by atoms with E-state index in [0.29, 0.717) is 23.1 Å². The highest BCUT2D eigenvalue weighted by molar-refractivity contribution is 6.30. The second-order valence-electron chi connectivity index (χ2n) is 3.62. The van der Waals surface area contributed by atoms with E-state index in [4.69, 9.17) is 16.3 Å². The van der Waals surface area contributed by atoms with Gasteiger partial charge in [0.15, 0.2) is 0 Å². The molecule has 0 unspecified atom stereocenters. The molecule has 0 spiro atoms. The zero-order chi connectivity index (χ0) is 12.8. The summed E-state index contributed by atoms with van der Waals surface area (Å²) >= 11 is 5.88. The molecule has 0 amide bonds. The van der Waals surface area contributed by atoms with Crippen LogP contribution in [0.25, 0.3) is 0 Å². The van der Waals surface area contributed by atoms with Crippen molar-refractivity contribution in [1.82, 2.24) is 0 Å². The number of carbonyl (C=O) groups excluding carboxylic acids is 1. The largest absolute Gasteiger partial charge is 0.489 e. The van der Waals surface area contributed by atoms with Crippen LogP contribution in [0.2, 0.25) is 5.02 Å². The zero-order valence-corrected chi connectivity index (χ0v) is 10.2. The summed E-state index contributed by atoms with van der Waals surface area (Å²) in [6.45, 7) is 0.441. The van der Waals surface area contributed by atoms with E-state index in [0.717, 1.165) is 5.56 Å². The summed E-state index contributed by atoms with van der Waals surface area (Å²) in [5.41, 5.74) is 1.55. The van der Waals surface area contributed by atoms with Gasteiger partial charge in [0, 0.05) is 5.02 Å². The van der Waals surface area contributed by atoms with Gasteiger partial charge in [-0.15, -0.1) is 0 Å². The lowest BCUT2D eigenvalue weighted by atomic mass is 10.2. The van der Waals surface area contributed by atoms with Gasteiger partial charge in [0.1, 0.15) is 12.4 Å². The lowest BCUT2D eigenvalue weighted by molar-refractivity contribution is 0.306. The molecular formula is C14H10ClNO2. The van der Waals surface area contributed by atoms with E-state index in [-0.39, 0.29) is 0 Å². The van der Waals surface area contributed by atoms with Gasteiger partial charge in [-0.25, -0.2) is 4.79 Å². The highest BCUT2D eigenvalue weighted by Gasteiger charge is 1.97. The van der Waals surface area contributed by atoms with Crippen LogP contribution in [0.15, 0.2) is 53.5 Å². The summed E-state index contributed by atoms with van der Waals surface area (Å²) in [5, 5.41) is 0.687. The smallest absolute Gasteiger partial charge is 0.240 e. The zero-order valence-electron chi connectivity index (χ0n) is 9.47. The first-order valence-corrected chi connectivity index (χ1v) is 5.71. The molecule has 2 aromatic carbocycles. The number of nitrogens with zero attached hydrogens (tertiary/aromatic N) is 1. The second-order valence-corrected chi connectivity index (χ2v) is 4.05. The van der Waals surface area contributed by atoms with Crippen molar-refractivity contribution in [1.29, 1.82) is 0 Å². The fraction of sp³-hybridized carbons (Fsp3) is 0.0714. The molecule has 0 radical (unpaired) electrons. The number of hydrogen-bond donors (Lipinski definition) is 0. The highest BCUT2D eigenvalue weighted by atomic mass is 35.5. The van der Waals surface area contributed by atoms with Crippen LogP contribution in [0, 0.1) is 0 Å². The van der Waals surface area contributed by atoms with Crippen molar-refractivity contribution in [2.24, 2.45) is 4.99 Å². The van der Waals surface area contributed by atoms with E-state index in [1.165, 1.54) is 6.08 Å². The van der Waals surface area contributed by atoms with Gasteiger partial charge in [-0.3, -0.25) is 0 Å². The molecule has 0 saturated carbocycles. The van der Waals surface area contributed by atoms with E-state index in [1.807, 2.05) is 24.3 Å². The Labute approximate surface area is 110 Å². The van der Waals surface area contributed by atoms with E-state index in [1.54, 1.807) is 24.3 Å². The molecule has 0 N–H and O–H groups in total. The molecule has 0 aliphatic heterocycles. The minimum atomic E-state index is 0.441. The van der Waals surface area contributed by atoms with Crippen LogP contribution in [-0.4, -0.2) is 6.08 Å². The van der Waals surface area contributed by atoms with Crippen molar-refractivity contribution < 1.29 is 9.53 Å². The Morgan fingerprint density at radius 1 is 1.17 bits per heavy atom. The first-order chi connectivity index (χ1) is 8.78. The Bertz CT molecular complexity index is 575. The molecule has 0 bridgehead atoms. The lowest BCUT2D eigenvalue weighted by Gasteiger charge is -2.06. The third-order valence-electron chi connectivity index (χ3n) is 2.31. The van der Waals surface area contributed by atoms with Crippen molar-refractivity contribution in [2.45, 2.75) is 6.61 Å². The Kier molecular flexibility index (Phi) is 4.13. The van der Waals surface area contributed by atoms with Gasteiger partial charge < -0.3 is 4.74 Å². The van der Waals surface area contributed by atoms with E-state index < -0.39 is 0 Å². The van der Waals surface area contributed by atoms with Crippen molar-refractivity contribution in [3.63, 3.8) is 0 Å². The molecule has 0 aliphatic carbocycles. The fourth-order valence-electron chi connectivity index (χ4n) is 1.46. The molecule has 0 aromatic heterocycles. The summed E-state index contributed by atoms with van der Waals surface area (Å²) < 4.78 is 5.58. The van der Waals surface area contributed by atoms with Crippen LogP contribution in [0.3, 0.4) is 0 Å². The number of isocyanates is 1. The molecule has 0 atom stereocenters. The third kappa shape index (κ3) is 3.45. The van der Waals surface area contributed by atoms with Crippen molar-refractivity contribution in [3.8, 4) is 5.75 Å². The summed E-state index contributed by atoms with van der Waals surface area (Å²) in [5.74, 6) is 0.708. The Morgan fingerprint density at radius 3 is 2.61 bits per heavy atom. The molecule has 0 aliphatic rings. The van der Waals surface area contributed by atoms with Crippen LogP contribution >= 0.6 is 11.6 Å². The average molecular weight is 260 g/mol. The Balaban J connectivity index is 2.00. The number of rotatable bonds is 4.